The first-order valence-corrected chi connectivity index (χ1v) is 6.40. The molecule has 96 valence electrons. The van der Waals surface area contributed by atoms with Crippen LogP contribution in [0.4, 0.5) is 11.6 Å². The van der Waals surface area contributed by atoms with E-state index < -0.39 is 0 Å². The minimum atomic E-state index is 0.620. The Morgan fingerprint density at radius 3 is 2.53 bits per heavy atom. The molecule has 0 amide bonds. The van der Waals surface area contributed by atoms with E-state index in [0.717, 1.165) is 16.0 Å². The fourth-order valence-electron chi connectivity index (χ4n) is 1.51. The molecular weight excluding hydrogens is 306 g/mol. The number of hydrogen-bond acceptors (Lipinski definition) is 4. The number of anilines is 1. The maximum absolute atomic E-state index is 8.71. The lowest BCUT2D eigenvalue weighted by atomic mass is 10.2. The molecule has 0 saturated heterocycles. The fraction of sp³-hybridized carbons (Fsp3) is 0.143. The summed E-state index contributed by atoms with van der Waals surface area (Å²) in [6, 6.07) is 11.0. The average Bonchev–Trinajstić information content (AvgIpc) is 2.78. The van der Waals surface area contributed by atoms with Gasteiger partial charge in [-0.3, -0.25) is 4.99 Å². The molecule has 5 heteroatoms. The third kappa shape index (κ3) is 3.24. The number of hydrogen-bond donors (Lipinski definition) is 0. The van der Waals surface area contributed by atoms with E-state index in [4.69, 9.17) is 9.68 Å². The van der Waals surface area contributed by atoms with Gasteiger partial charge in [-0.2, -0.15) is 5.26 Å². The molecule has 0 unspecified atom stereocenters. The van der Waals surface area contributed by atoms with Crippen molar-refractivity contribution in [1.82, 2.24) is 0 Å². The van der Waals surface area contributed by atoms with Crippen LogP contribution in [-0.4, -0.2) is 20.3 Å². The van der Waals surface area contributed by atoms with E-state index in [-0.39, 0.29) is 0 Å². The zero-order valence-corrected chi connectivity index (χ0v) is 12.2. The van der Waals surface area contributed by atoms with Crippen LogP contribution >= 0.6 is 15.9 Å². The number of halogens is 1. The molecule has 0 spiro atoms. The molecule has 0 fully saturated rings. The van der Waals surface area contributed by atoms with Crippen molar-refractivity contribution >= 4 is 33.7 Å². The Morgan fingerprint density at radius 2 is 2.00 bits per heavy atom. The first-order chi connectivity index (χ1) is 9.10. The van der Waals surface area contributed by atoms with Crippen molar-refractivity contribution in [2.45, 2.75) is 0 Å². The van der Waals surface area contributed by atoms with Crippen LogP contribution in [0.3, 0.4) is 0 Å². The first-order valence-electron chi connectivity index (χ1n) is 5.61. The minimum Gasteiger partial charge on any atom is -0.438 e. The topological polar surface area (TPSA) is 52.5 Å². The molecule has 0 N–H and O–H groups in total. The summed E-state index contributed by atoms with van der Waals surface area (Å²) >= 11 is 3.43. The lowest BCUT2D eigenvalue weighted by Gasteiger charge is -2.07. The molecule has 1 aromatic heterocycles. The van der Waals surface area contributed by atoms with Crippen molar-refractivity contribution in [3.8, 4) is 6.07 Å². The van der Waals surface area contributed by atoms with E-state index in [2.05, 4.69) is 27.0 Å². The summed E-state index contributed by atoms with van der Waals surface area (Å²) in [6.07, 6.45) is 1.65. The number of nitriles is 1. The van der Waals surface area contributed by atoms with Gasteiger partial charge in [0.25, 0.3) is 0 Å². The van der Waals surface area contributed by atoms with Crippen molar-refractivity contribution in [3.05, 3.63) is 46.1 Å². The highest BCUT2D eigenvalue weighted by atomic mass is 79.9. The lowest BCUT2D eigenvalue weighted by Crippen LogP contribution is -2.07. The van der Waals surface area contributed by atoms with Gasteiger partial charge in [-0.25, -0.2) is 0 Å². The highest BCUT2D eigenvalue weighted by Gasteiger charge is 2.08. The Bertz CT molecular complexity index is 636. The number of rotatable bonds is 3. The van der Waals surface area contributed by atoms with Gasteiger partial charge in [-0.1, -0.05) is 0 Å². The Hall–Kier alpha value is -2.06. The standard InChI is InChI=1S/C14H12BrN3O/c1-18(2)14-13(15)7-12(19-14)9-17-11-5-3-10(8-16)4-6-11/h3-7,9H,1-2H3. The molecule has 0 bridgehead atoms. The first kappa shape index (κ1) is 13.4. The molecule has 0 aliphatic heterocycles. The Kier molecular flexibility index (Phi) is 4.03. The molecule has 0 saturated carbocycles. The average molecular weight is 318 g/mol. The molecule has 1 heterocycles. The van der Waals surface area contributed by atoms with Gasteiger partial charge in [0, 0.05) is 20.2 Å². The van der Waals surface area contributed by atoms with E-state index in [0.29, 0.717) is 11.3 Å². The minimum absolute atomic E-state index is 0.620. The summed E-state index contributed by atoms with van der Waals surface area (Å²) in [6.45, 7) is 0. The van der Waals surface area contributed by atoms with Crippen LogP contribution in [-0.2, 0) is 0 Å². The van der Waals surface area contributed by atoms with Gasteiger partial charge in [-0.15, -0.1) is 0 Å². The van der Waals surface area contributed by atoms with E-state index in [9.17, 15) is 0 Å². The molecule has 2 rings (SSSR count). The molecule has 0 radical (unpaired) electrons. The lowest BCUT2D eigenvalue weighted by molar-refractivity contribution is 0.557. The van der Waals surface area contributed by atoms with Crippen molar-refractivity contribution in [2.75, 3.05) is 19.0 Å². The van der Waals surface area contributed by atoms with E-state index in [1.807, 2.05) is 25.1 Å². The molecular formula is C14H12BrN3O. The van der Waals surface area contributed by atoms with Crippen LogP contribution in [0.1, 0.15) is 11.3 Å². The van der Waals surface area contributed by atoms with E-state index >= 15 is 0 Å². The van der Waals surface area contributed by atoms with Crippen LogP contribution in [0.15, 0.2) is 44.2 Å². The van der Waals surface area contributed by atoms with E-state index in [1.54, 1.807) is 30.5 Å². The van der Waals surface area contributed by atoms with Gasteiger partial charge in [-0.05, 0) is 40.2 Å². The zero-order chi connectivity index (χ0) is 13.8. The summed E-state index contributed by atoms with van der Waals surface area (Å²) in [5.41, 5.74) is 1.40. The number of aliphatic imine (C=N–C) groups is 1. The van der Waals surface area contributed by atoms with Crippen LogP contribution in [0, 0.1) is 11.3 Å². The quantitative estimate of drug-likeness (QED) is 0.810. The predicted octanol–water partition coefficient (Wildman–Crippen LogP) is 3.73. The molecule has 19 heavy (non-hydrogen) atoms. The maximum atomic E-state index is 8.71. The molecule has 0 aliphatic carbocycles. The van der Waals surface area contributed by atoms with E-state index in [1.165, 1.54) is 0 Å². The fourth-order valence-corrected chi connectivity index (χ4v) is 2.17. The highest BCUT2D eigenvalue weighted by molar-refractivity contribution is 9.10. The van der Waals surface area contributed by atoms with Crippen LogP contribution < -0.4 is 4.90 Å². The normalized spacial score (nSPS) is 10.6. The van der Waals surface area contributed by atoms with Gasteiger partial charge in [0.2, 0.25) is 5.88 Å². The second kappa shape index (κ2) is 5.72. The van der Waals surface area contributed by atoms with Crippen molar-refractivity contribution in [1.29, 1.82) is 5.26 Å². The van der Waals surface area contributed by atoms with Crippen molar-refractivity contribution < 1.29 is 4.42 Å². The second-order valence-corrected chi connectivity index (χ2v) is 4.97. The monoisotopic (exact) mass is 317 g/mol. The van der Waals surface area contributed by atoms with Crippen LogP contribution in [0.2, 0.25) is 0 Å². The maximum Gasteiger partial charge on any atom is 0.210 e. The molecule has 4 nitrogen and oxygen atoms in total. The van der Waals surface area contributed by atoms with Crippen molar-refractivity contribution in [3.63, 3.8) is 0 Å². The Morgan fingerprint density at radius 1 is 1.32 bits per heavy atom. The number of benzene rings is 1. The summed E-state index contributed by atoms with van der Waals surface area (Å²) in [5, 5.41) is 8.71. The third-order valence-corrected chi connectivity index (χ3v) is 3.00. The van der Waals surface area contributed by atoms with Crippen LogP contribution in [0.25, 0.3) is 0 Å². The summed E-state index contributed by atoms with van der Waals surface area (Å²) in [4.78, 5) is 6.18. The summed E-state index contributed by atoms with van der Waals surface area (Å²) < 4.78 is 6.51. The van der Waals surface area contributed by atoms with Gasteiger partial charge >= 0.3 is 0 Å². The van der Waals surface area contributed by atoms with Crippen LogP contribution in [0.5, 0.6) is 0 Å². The Balaban J connectivity index is 2.18. The largest absolute Gasteiger partial charge is 0.438 e. The van der Waals surface area contributed by atoms with Gasteiger partial charge in [0.05, 0.1) is 28.0 Å². The SMILES string of the molecule is CN(C)c1oc(C=Nc2ccc(C#N)cc2)cc1Br. The highest BCUT2D eigenvalue weighted by Crippen LogP contribution is 2.28. The molecule has 0 aliphatic rings. The van der Waals surface area contributed by atoms with Crippen molar-refractivity contribution in [2.24, 2.45) is 4.99 Å². The van der Waals surface area contributed by atoms with Gasteiger partial charge in [0.15, 0.2) is 0 Å². The molecule has 0 atom stereocenters. The zero-order valence-electron chi connectivity index (χ0n) is 10.6. The van der Waals surface area contributed by atoms with Gasteiger partial charge in [0.1, 0.15) is 5.76 Å². The predicted molar refractivity (Wildman–Crippen MR) is 79.1 cm³/mol. The molecule has 2 aromatic rings. The number of nitrogens with zero attached hydrogens (tertiary/aromatic N) is 3. The summed E-state index contributed by atoms with van der Waals surface area (Å²) in [7, 11) is 3.82. The number of furan rings is 1. The smallest absolute Gasteiger partial charge is 0.210 e. The van der Waals surface area contributed by atoms with Gasteiger partial charge < -0.3 is 9.32 Å². The molecule has 1 aromatic carbocycles. The summed E-state index contributed by atoms with van der Waals surface area (Å²) in [5.74, 6) is 1.42. The third-order valence-electron chi connectivity index (χ3n) is 2.43. The second-order valence-electron chi connectivity index (χ2n) is 4.11. The Labute approximate surface area is 120 Å².